The number of methoxy groups -OCH3 is 1. The summed E-state index contributed by atoms with van der Waals surface area (Å²) in [4.78, 5) is 4.43. The molecule has 2 unspecified atom stereocenters. The van der Waals surface area contributed by atoms with E-state index >= 15 is 0 Å². The minimum absolute atomic E-state index is 0.0335. The average Bonchev–Trinajstić information content (AvgIpc) is 2.28. The minimum atomic E-state index is -0.0335. The van der Waals surface area contributed by atoms with E-state index in [0.29, 0.717) is 6.04 Å². The van der Waals surface area contributed by atoms with Crippen LogP contribution in [0, 0.1) is 5.41 Å². The van der Waals surface area contributed by atoms with E-state index in [2.05, 4.69) is 43.3 Å². The van der Waals surface area contributed by atoms with Crippen molar-refractivity contribution in [3.63, 3.8) is 0 Å². The van der Waals surface area contributed by atoms with Crippen LogP contribution in [0.3, 0.4) is 0 Å². The van der Waals surface area contributed by atoms with E-state index in [4.69, 9.17) is 4.74 Å². The maximum atomic E-state index is 5.62. The van der Waals surface area contributed by atoms with Gasteiger partial charge in [0.05, 0.1) is 5.60 Å². The lowest BCUT2D eigenvalue weighted by molar-refractivity contribution is -0.176. The highest BCUT2D eigenvalue weighted by Gasteiger charge is 2.57. The van der Waals surface area contributed by atoms with Crippen LogP contribution in [0.4, 0.5) is 0 Å². The minimum Gasteiger partial charge on any atom is -0.378 e. The van der Waals surface area contributed by atoms with E-state index in [1.165, 1.54) is 0 Å². The van der Waals surface area contributed by atoms with Crippen LogP contribution in [0.1, 0.15) is 41.0 Å². The summed E-state index contributed by atoms with van der Waals surface area (Å²) in [5, 5.41) is 6.76. The molecule has 17 heavy (non-hydrogen) atoms. The van der Waals surface area contributed by atoms with E-state index in [1.54, 1.807) is 7.11 Å². The van der Waals surface area contributed by atoms with Gasteiger partial charge in [-0.2, -0.15) is 0 Å². The number of hydrogen-bond donors (Lipinski definition) is 2. The highest BCUT2D eigenvalue weighted by Crippen LogP contribution is 2.51. The van der Waals surface area contributed by atoms with Gasteiger partial charge >= 0.3 is 0 Å². The number of nitrogens with one attached hydrogen (secondary N) is 2. The molecule has 0 aromatic heterocycles. The first-order chi connectivity index (χ1) is 7.91. The normalized spacial score (nSPS) is 31.9. The summed E-state index contributed by atoms with van der Waals surface area (Å²) >= 11 is 0. The molecule has 4 heteroatoms. The Labute approximate surface area is 105 Å². The Balaban J connectivity index is 2.63. The number of guanidine groups is 1. The molecule has 0 heterocycles. The van der Waals surface area contributed by atoms with Crippen molar-refractivity contribution >= 4 is 5.96 Å². The predicted molar refractivity (Wildman–Crippen MR) is 72.4 cm³/mol. The van der Waals surface area contributed by atoms with Gasteiger partial charge in [-0.15, -0.1) is 0 Å². The van der Waals surface area contributed by atoms with Crippen LogP contribution < -0.4 is 10.6 Å². The van der Waals surface area contributed by atoms with Crippen LogP contribution in [-0.2, 0) is 4.74 Å². The summed E-state index contributed by atoms with van der Waals surface area (Å²) in [5.41, 5.74) is 0.0832. The zero-order valence-corrected chi connectivity index (χ0v) is 12.1. The van der Waals surface area contributed by atoms with Crippen LogP contribution in [0.2, 0.25) is 0 Å². The van der Waals surface area contributed by atoms with Crippen molar-refractivity contribution in [2.24, 2.45) is 10.4 Å². The van der Waals surface area contributed by atoms with Gasteiger partial charge in [0.15, 0.2) is 5.96 Å². The average molecular weight is 241 g/mol. The first kappa shape index (κ1) is 14.3. The molecule has 1 rings (SSSR count). The standard InChI is InChI=1S/C13H27N3O/c1-7-14-11(15-8-2)16-10-9-13(5,17-6)12(10,3)4/h10H,7-9H2,1-6H3,(H2,14,15,16). The molecule has 0 saturated heterocycles. The zero-order valence-electron chi connectivity index (χ0n) is 12.1. The highest BCUT2D eigenvalue weighted by molar-refractivity contribution is 5.80. The van der Waals surface area contributed by atoms with Gasteiger partial charge in [-0.1, -0.05) is 13.8 Å². The van der Waals surface area contributed by atoms with Crippen molar-refractivity contribution < 1.29 is 4.74 Å². The summed E-state index contributed by atoms with van der Waals surface area (Å²) in [6, 6.07) is 0.414. The summed E-state index contributed by atoms with van der Waals surface area (Å²) in [7, 11) is 1.79. The predicted octanol–water partition coefficient (Wildman–Crippen LogP) is 1.76. The monoisotopic (exact) mass is 241 g/mol. The van der Waals surface area contributed by atoms with Gasteiger partial charge in [-0.05, 0) is 27.2 Å². The number of aliphatic imine (C=N–C) groups is 1. The second-order valence-electron chi connectivity index (χ2n) is 5.41. The maximum Gasteiger partial charge on any atom is 0.191 e. The molecular weight excluding hydrogens is 214 g/mol. The van der Waals surface area contributed by atoms with E-state index in [1.807, 2.05) is 6.92 Å². The van der Waals surface area contributed by atoms with Gasteiger partial charge in [0, 0.05) is 31.7 Å². The smallest absolute Gasteiger partial charge is 0.191 e. The van der Waals surface area contributed by atoms with Crippen molar-refractivity contribution in [3.8, 4) is 0 Å². The molecule has 0 aromatic rings. The largest absolute Gasteiger partial charge is 0.378 e. The van der Waals surface area contributed by atoms with Crippen LogP contribution in [0.15, 0.2) is 4.99 Å². The molecule has 0 aromatic carbocycles. The Morgan fingerprint density at radius 3 is 2.41 bits per heavy atom. The van der Waals surface area contributed by atoms with Crippen molar-refractivity contribution in [2.45, 2.75) is 52.7 Å². The number of ether oxygens (including phenoxy) is 1. The highest BCUT2D eigenvalue weighted by atomic mass is 16.5. The van der Waals surface area contributed by atoms with Crippen LogP contribution in [0.5, 0.6) is 0 Å². The topological polar surface area (TPSA) is 45.7 Å². The Bertz CT molecular complexity index is 288. The van der Waals surface area contributed by atoms with Gasteiger partial charge < -0.3 is 15.4 Å². The lowest BCUT2D eigenvalue weighted by atomic mass is 9.56. The van der Waals surface area contributed by atoms with E-state index in [0.717, 1.165) is 25.5 Å². The van der Waals surface area contributed by atoms with Crippen molar-refractivity contribution in [3.05, 3.63) is 0 Å². The quantitative estimate of drug-likeness (QED) is 0.582. The number of hydrogen-bond acceptors (Lipinski definition) is 2. The fourth-order valence-electron chi connectivity index (χ4n) is 2.37. The zero-order chi connectivity index (χ0) is 13.1. The Kier molecular flexibility index (Phi) is 4.42. The van der Waals surface area contributed by atoms with Crippen LogP contribution in [-0.4, -0.2) is 37.8 Å². The molecule has 0 spiro atoms. The molecular formula is C13H27N3O. The van der Waals surface area contributed by atoms with E-state index in [9.17, 15) is 0 Å². The second-order valence-corrected chi connectivity index (χ2v) is 5.41. The summed E-state index contributed by atoms with van der Waals surface area (Å²) in [6.07, 6.45) is 1.02. The van der Waals surface area contributed by atoms with E-state index < -0.39 is 0 Å². The van der Waals surface area contributed by atoms with Crippen LogP contribution >= 0.6 is 0 Å². The molecule has 1 fully saturated rings. The Morgan fingerprint density at radius 2 is 2.00 bits per heavy atom. The summed E-state index contributed by atoms with van der Waals surface area (Å²) < 4.78 is 5.62. The Morgan fingerprint density at radius 1 is 1.35 bits per heavy atom. The molecule has 2 N–H and O–H groups in total. The first-order valence-electron chi connectivity index (χ1n) is 6.51. The lowest BCUT2D eigenvalue weighted by Crippen LogP contribution is -2.69. The third-order valence-electron chi connectivity index (χ3n) is 4.25. The van der Waals surface area contributed by atoms with Gasteiger partial charge in [0.1, 0.15) is 0 Å². The molecule has 1 aliphatic carbocycles. The lowest BCUT2D eigenvalue weighted by Gasteiger charge is -2.59. The number of nitrogens with zero attached hydrogens (tertiary/aromatic N) is 1. The molecule has 0 radical (unpaired) electrons. The molecule has 1 aliphatic rings. The molecule has 1 saturated carbocycles. The van der Waals surface area contributed by atoms with E-state index in [-0.39, 0.29) is 11.0 Å². The van der Waals surface area contributed by atoms with Crippen molar-refractivity contribution in [1.29, 1.82) is 0 Å². The van der Waals surface area contributed by atoms with Gasteiger partial charge in [0.25, 0.3) is 0 Å². The third-order valence-corrected chi connectivity index (χ3v) is 4.25. The SMILES string of the molecule is CCN=C(NCC)NC1CC(C)(OC)C1(C)C. The van der Waals surface area contributed by atoms with Crippen LogP contribution in [0.25, 0.3) is 0 Å². The molecule has 0 amide bonds. The molecule has 100 valence electrons. The summed E-state index contributed by atoms with van der Waals surface area (Å²) in [5.74, 6) is 0.909. The first-order valence-corrected chi connectivity index (χ1v) is 6.51. The van der Waals surface area contributed by atoms with Gasteiger partial charge in [0.2, 0.25) is 0 Å². The van der Waals surface area contributed by atoms with Gasteiger partial charge in [-0.3, -0.25) is 4.99 Å². The molecule has 4 nitrogen and oxygen atoms in total. The Hall–Kier alpha value is -0.770. The molecule has 0 bridgehead atoms. The second kappa shape index (κ2) is 5.25. The molecule has 0 aliphatic heterocycles. The molecule has 2 atom stereocenters. The third kappa shape index (κ3) is 2.57. The van der Waals surface area contributed by atoms with Gasteiger partial charge in [-0.25, -0.2) is 0 Å². The van der Waals surface area contributed by atoms with Crippen molar-refractivity contribution in [1.82, 2.24) is 10.6 Å². The maximum absolute atomic E-state index is 5.62. The fourth-order valence-corrected chi connectivity index (χ4v) is 2.37. The van der Waals surface area contributed by atoms with Crippen molar-refractivity contribution in [2.75, 3.05) is 20.2 Å². The fraction of sp³-hybridized carbons (Fsp3) is 0.923. The number of rotatable bonds is 4. The summed E-state index contributed by atoms with van der Waals surface area (Å²) in [6.45, 7) is 12.5.